The van der Waals surface area contributed by atoms with Gasteiger partial charge in [0.15, 0.2) is 6.10 Å². The molecule has 0 unspecified atom stereocenters. The molecule has 2 amide bonds. The first-order valence-electron chi connectivity index (χ1n) is 13.3. The van der Waals surface area contributed by atoms with Crippen LogP contribution >= 0.6 is 11.8 Å². The van der Waals surface area contributed by atoms with Gasteiger partial charge in [0.2, 0.25) is 5.91 Å². The molecule has 0 aromatic heterocycles. The Morgan fingerprint density at radius 2 is 1.44 bits per heavy atom. The Morgan fingerprint density at radius 3 is 2.03 bits per heavy atom. The minimum Gasteiger partial charge on any atom is -0.449 e. The number of carbonyl (C=O) groups is 3. The molecule has 0 aliphatic heterocycles. The Labute approximate surface area is 219 Å². The highest BCUT2D eigenvalue weighted by Crippen LogP contribution is 2.28. The zero-order chi connectivity index (χ0) is 25.8. The monoisotopic (exact) mass is 512 g/mol. The smallest absolute Gasteiger partial charge is 0.340 e. The van der Waals surface area contributed by atoms with E-state index in [1.807, 2.05) is 13.0 Å². The van der Waals surface area contributed by atoms with Crippen molar-refractivity contribution in [2.24, 2.45) is 0 Å². The van der Waals surface area contributed by atoms with E-state index in [1.54, 1.807) is 25.1 Å². The van der Waals surface area contributed by atoms with Crippen molar-refractivity contribution in [1.82, 2.24) is 10.6 Å². The second-order valence-electron chi connectivity index (χ2n) is 9.60. The highest BCUT2D eigenvalue weighted by molar-refractivity contribution is 8.00. The van der Waals surface area contributed by atoms with Gasteiger partial charge in [0.1, 0.15) is 0 Å². The third-order valence-electron chi connectivity index (χ3n) is 6.69. The molecule has 0 heterocycles. The predicted octanol–water partition coefficient (Wildman–Crippen LogP) is 5.73. The van der Waals surface area contributed by atoms with Gasteiger partial charge in [-0.25, -0.2) is 4.79 Å². The summed E-state index contributed by atoms with van der Waals surface area (Å²) in [5.74, 6) is -0.918. The Hall–Kier alpha value is -2.54. The van der Waals surface area contributed by atoms with E-state index in [0.29, 0.717) is 23.5 Å². The zero-order valence-electron chi connectivity index (χ0n) is 21.6. The molecule has 3 rings (SSSR count). The molecular weight excluding hydrogens is 472 g/mol. The topological polar surface area (TPSA) is 84.5 Å². The van der Waals surface area contributed by atoms with Crippen molar-refractivity contribution >= 4 is 29.5 Å². The second-order valence-corrected chi connectivity index (χ2v) is 11.0. The van der Waals surface area contributed by atoms with Gasteiger partial charge < -0.3 is 15.4 Å². The van der Waals surface area contributed by atoms with Crippen molar-refractivity contribution in [1.29, 1.82) is 0 Å². The van der Waals surface area contributed by atoms with Crippen LogP contribution in [0.3, 0.4) is 0 Å². The third kappa shape index (κ3) is 9.16. The number of nitrogens with one attached hydrogen (secondary N) is 2. The summed E-state index contributed by atoms with van der Waals surface area (Å²) in [6.07, 6.45) is 14.8. The molecule has 196 valence electrons. The fourth-order valence-electron chi connectivity index (χ4n) is 4.50. The Morgan fingerprint density at radius 1 is 0.861 bits per heavy atom. The molecule has 0 saturated carbocycles. The quantitative estimate of drug-likeness (QED) is 0.212. The molecule has 2 aliphatic rings. The van der Waals surface area contributed by atoms with Gasteiger partial charge in [0, 0.05) is 18.0 Å². The van der Waals surface area contributed by atoms with Crippen LogP contribution in [0.1, 0.15) is 88.4 Å². The summed E-state index contributed by atoms with van der Waals surface area (Å²) in [7, 11) is 0. The van der Waals surface area contributed by atoms with E-state index in [1.165, 1.54) is 48.6 Å². The van der Waals surface area contributed by atoms with E-state index in [2.05, 4.69) is 22.8 Å². The number of thioether (sulfide) groups is 1. The van der Waals surface area contributed by atoms with Gasteiger partial charge in [0.05, 0.1) is 10.8 Å². The normalized spacial score (nSPS) is 17.3. The molecule has 2 aliphatic carbocycles. The van der Waals surface area contributed by atoms with E-state index in [-0.39, 0.29) is 17.1 Å². The van der Waals surface area contributed by atoms with E-state index >= 15 is 0 Å². The molecule has 1 aromatic carbocycles. The van der Waals surface area contributed by atoms with Gasteiger partial charge in [0.25, 0.3) is 5.91 Å². The molecule has 0 spiro atoms. The summed E-state index contributed by atoms with van der Waals surface area (Å²) >= 11 is 1.32. The maximum absolute atomic E-state index is 12.9. The van der Waals surface area contributed by atoms with Crippen LogP contribution in [-0.4, -0.2) is 42.2 Å². The average Bonchev–Trinajstić information content (AvgIpc) is 2.90. The maximum Gasteiger partial charge on any atom is 0.340 e. The summed E-state index contributed by atoms with van der Waals surface area (Å²) in [5.41, 5.74) is 3.18. The Kier molecular flexibility index (Phi) is 11.6. The molecular formula is C29H40N2O4S. The predicted molar refractivity (Wildman–Crippen MR) is 145 cm³/mol. The minimum absolute atomic E-state index is 0.0552. The number of rotatable bonds is 12. The van der Waals surface area contributed by atoms with Crippen molar-refractivity contribution in [2.75, 3.05) is 13.1 Å². The van der Waals surface area contributed by atoms with Crippen molar-refractivity contribution in [3.63, 3.8) is 0 Å². The fourth-order valence-corrected chi connectivity index (χ4v) is 5.51. The number of benzene rings is 1. The number of esters is 1. The van der Waals surface area contributed by atoms with Crippen LogP contribution < -0.4 is 10.6 Å². The number of carbonyl (C=O) groups excluding carboxylic acids is 3. The summed E-state index contributed by atoms with van der Waals surface area (Å²) < 4.78 is 5.47. The van der Waals surface area contributed by atoms with E-state index in [9.17, 15) is 14.4 Å². The molecule has 0 radical (unpaired) electrons. The summed E-state index contributed by atoms with van der Waals surface area (Å²) in [6, 6.07) is 7.06. The second kappa shape index (κ2) is 14.9. The van der Waals surface area contributed by atoms with Crippen LogP contribution in [0, 0.1) is 0 Å². The molecule has 6 nitrogen and oxygen atoms in total. The lowest BCUT2D eigenvalue weighted by atomic mass is 9.97. The van der Waals surface area contributed by atoms with Gasteiger partial charge in [-0.1, -0.05) is 35.4 Å². The molecule has 7 heteroatoms. The maximum atomic E-state index is 12.9. The van der Waals surface area contributed by atoms with Gasteiger partial charge >= 0.3 is 5.97 Å². The van der Waals surface area contributed by atoms with Gasteiger partial charge in [-0.2, -0.15) is 0 Å². The van der Waals surface area contributed by atoms with Crippen molar-refractivity contribution in [3.8, 4) is 0 Å². The van der Waals surface area contributed by atoms with Crippen molar-refractivity contribution < 1.29 is 19.1 Å². The molecule has 2 N–H and O–H groups in total. The lowest BCUT2D eigenvalue weighted by Gasteiger charge is -2.17. The van der Waals surface area contributed by atoms with Crippen molar-refractivity contribution in [2.45, 2.75) is 94.3 Å². The van der Waals surface area contributed by atoms with Crippen LogP contribution in [0.25, 0.3) is 0 Å². The highest BCUT2D eigenvalue weighted by Gasteiger charge is 2.23. The first kappa shape index (κ1) is 28.0. The SMILES string of the molecule is C[C@H](OC(=O)c1ccccc1S[C@@H](C)C(=O)NCCC1=CCCCC1)C(=O)NCCC1=CCCCC1. The van der Waals surface area contributed by atoms with Crippen molar-refractivity contribution in [3.05, 3.63) is 53.1 Å². The summed E-state index contributed by atoms with van der Waals surface area (Å²) in [4.78, 5) is 38.6. The molecule has 0 bridgehead atoms. The standard InChI is InChI=1S/C29H40N2O4S/c1-21(27(32)30-19-17-23-11-5-3-6-12-23)35-29(34)25-15-9-10-16-26(25)36-22(2)28(33)31-20-18-24-13-7-4-8-14-24/h9-11,13,15-16,21-22H,3-8,12,14,17-20H2,1-2H3,(H,30,32)(H,31,33)/t21-,22-/m0/s1. The minimum atomic E-state index is -0.897. The average molecular weight is 513 g/mol. The first-order valence-corrected chi connectivity index (χ1v) is 14.2. The lowest BCUT2D eigenvalue weighted by molar-refractivity contribution is -0.129. The number of ether oxygens (including phenoxy) is 1. The number of allylic oxidation sites excluding steroid dienone is 2. The third-order valence-corrected chi connectivity index (χ3v) is 7.87. The Bertz CT molecular complexity index is 972. The first-order chi connectivity index (χ1) is 17.4. The van der Waals surface area contributed by atoms with Crippen LogP contribution in [0.2, 0.25) is 0 Å². The number of hydrogen-bond acceptors (Lipinski definition) is 5. The van der Waals surface area contributed by atoms with Crippen LogP contribution in [-0.2, 0) is 14.3 Å². The van der Waals surface area contributed by atoms with Crippen LogP contribution in [0.4, 0.5) is 0 Å². The van der Waals surface area contributed by atoms with Gasteiger partial charge in [-0.3, -0.25) is 9.59 Å². The number of hydrogen-bond donors (Lipinski definition) is 2. The summed E-state index contributed by atoms with van der Waals surface area (Å²) in [6.45, 7) is 4.59. The van der Waals surface area contributed by atoms with E-state index in [0.717, 1.165) is 38.5 Å². The zero-order valence-corrected chi connectivity index (χ0v) is 22.5. The van der Waals surface area contributed by atoms with Gasteiger partial charge in [-0.05, 0) is 90.2 Å². The highest BCUT2D eigenvalue weighted by atomic mass is 32.2. The molecule has 1 aromatic rings. The number of amides is 2. The fraction of sp³-hybridized carbons (Fsp3) is 0.552. The molecule has 36 heavy (non-hydrogen) atoms. The Balaban J connectivity index is 1.46. The largest absolute Gasteiger partial charge is 0.449 e. The van der Waals surface area contributed by atoms with Gasteiger partial charge in [-0.15, -0.1) is 11.8 Å². The molecule has 2 atom stereocenters. The van der Waals surface area contributed by atoms with E-state index in [4.69, 9.17) is 4.74 Å². The van der Waals surface area contributed by atoms with Crippen LogP contribution in [0.15, 0.2) is 52.5 Å². The molecule has 0 saturated heterocycles. The molecule has 0 fully saturated rings. The van der Waals surface area contributed by atoms with E-state index < -0.39 is 12.1 Å². The van der Waals surface area contributed by atoms with Crippen LogP contribution in [0.5, 0.6) is 0 Å². The summed E-state index contributed by atoms with van der Waals surface area (Å²) in [5, 5.41) is 5.52. The lowest BCUT2D eigenvalue weighted by Crippen LogP contribution is -2.36.